The number of carboxylic acids is 1. The molecule has 1 atom stereocenters. The van der Waals surface area contributed by atoms with Crippen LogP contribution in [0.25, 0.3) is 0 Å². The quantitative estimate of drug-likeness (QED) is 0.339. The smallest absolute Gasteiger partial charge is 0.328 e. The molecule has 38 heavy (non-hydrogen) atoms. The second kappa shape index (κ2) is 11.9. The molecule has 4 rings (SSSR count). The Balaban J connectivity index is 1.49. The van der Waals surface area contributed by atoms with Crippen LogP contribution in [0.5, 0.6) is 0 Å². The lowest BCUT2D eigenvalue weighted by atomic mass is 9.96. The third-order valence-corrected chi connectivity index (χ3v) is 8.22. The van der Waals surface area contributed by atoms with E-state index in [-0.39, 0.29) is 39.6 Å². The zero-order chi connectivity index (χ0) is 27.6. The van der Waals surface area contributed by atoms with Crippen molar-refractivity contribution < 1.29 is 24.3 Å². The van der Waals surface area contributed by atoms with Gasteiger partial charge in [-0.25, -0.2) is 4.79 Å². The van der Waals surface area contributed by atoms with Crippen LogP contribution in [-0.4, -0.2) is 52.8 Å². The van der Waals surface area contributed by atoms with E-state index in [0.29, 0.717) is 39.6 Å². The monoisotopic (exact) mass is 613 g/mol. The number of benzene rings is 2. The lowest BCUT2D eigenvalue weighted by Gasteiger charge is -2.30. The Labute approximate surface area is 241 Å². The highest BCUT2D eigenvalue weighted by atomic mass is 35.5. The number of aliphatic carboxylic acids is 1. The predicted molar refractivity (Wildman–Crippen MR) is 147 cm³/mol. The van der Waals surface area contributed by atoms with Gasteiger partial charge >= 0.3 is 5.97 Å². The van der Waals surface area contributed by atoms with Crippen LogP contribution in [0.15, 0.2) is 41.8 Å². The third-order valence-electron chi connectivity index (χ3n) is 5.90. The van der Waals surface area contributed by atoms with E-state index in [1.54, 1.807) is 40.6 Å². The molecule has 3 amide bonds. The number of thiophene rings is 1. The average molecular weight is 615 g/mol. The maximum Gasteiger partial charge on any atom is 0.328 e. The lowest BCUT2D eigenvalue weighted by Crippen LogP contribution is -2.48. The molecule has 2 heterocycles. The number of fused-ring (bicyclic) bond motifs is 1. The van der Waals surface area contributed by atoms with Gasteiger partial charge in [0.15, 0.2) is 0 Å². The molecule has 1 aromatic heterocycles. The number of halogens is 4. The first kappa shape index (κ1) is 28.2. The van der Waals surface area contributed by atoms with Crippen molar-refractivity contribution >= 4 is 81.4 Å². The van der Waals surface area contributed by atoms with Crippen molar-refractivity contribution in [1.82, 2.24) is 15.5 Å². The first-order chi connectivity index (χ1) is 18.1. The van der Waals surface area contributed by atoms with Crippen LogP contribution in [0.4, 0.5) is 0 Å². The van der Waals surface area contributed by atoms with Crippen LogP contribution < -0.4 is 10.6 Å². The van der Waals surface area contributed by atoms with E-state index in [4.69, 9.17) is 46.4 Å². The topological polar surface area (TPSA) is 116 Å². The molecule has 0 saturated carbocycles. The van der Waals surface area contributed by atoms with Gasteiger partial charge in [0.05, 0.1) is 30.5 Å². The van der Waals surface area contributed by atoms with Crippen molar-refractivity contribution in [3.05, 3.63) is 89.0 Å². The summed E-state index contributed by atoms with van der Waals surface area (Å²) >= 11 is 26.2. The Bertz CT molecular complexity index is 1430. The van der Waals surface area contributed by atoms with Crippen LogP contribution in [0.2, 0.25) is 20.1 Å². The van der Waals surface area contributed by atoms with Crippen LogP contribution in [0.3, 0.4) is 0 Å². The minimum absolute atomic E-state index is 0.00171. The lowest BCUT2D eigenvalue weighted by molar-refractivity contribution is -0.139. The summed E-state index contributed by atoms with van der Waals surface area (Å²) in [5.41, 5.74) is 1.60. The zero-order valence-corrected chi connectivity index (χ0v) is 23.2. The van der Waals surface area contributed by atoms with Gasteiger partial charge in [-0.05, 0) is 53.3 Å². The first-order valence-corrected chi connectivity index (χ1v) is 13.6. The first-order valence-electron chi connectivity index (χ1n) is 11.2. The molecule has 3 aromatic rings. The SMILES string of the molecule is O=C(NC[C@H](NC(=O)c1c(Cl)cc2c(c1Cl)CCN(C(=O)c1ccc(Cl)c(Cl)c1)C2)C(=O)O)c1cccs1. The van der Waals surface area contributed by atoms with Gasteiger partial charge in [-0.2, -0.15) is 0 Å². The molecule has 0 spiro atoms. The molecule has 1 aliphatic heterocycles. The number of nitrogens with one attached hydrogen (secondary N) is 2. The predicted octanol–water partition coefficient (Wildman–Crippen LogP) is 5.17. The van der Waals surface area contributed by atoms with E-state index in [1.807, 2.05) is 0 Å². The number of carbonyl (C=O) groups is 4. The fourth-order valence-corrected chi connectivity index (χ4v) is 5.67. The van der Waals surface area contributed by atoms with Crippen molar-refractivity contribution in [2.24, 2.45) is 0 Å². The fraction of sp³-hybridized carbons (Fsp3) is 0.200. The third kappa shape index (κ3) is 6.08. The van der Waals surface area contributed by atoms with E-state index in [0.717, 1.165) is 0 Å². The Hall–Kier alpha value is -2.82. The Kier molecular flexibility index (Phi) is 8.85. The molecule has 3 N–H and O–H groups in total. The van der Waals surface area contributed by atoms with Gasteiger partial charge in [0.25, 0.3) is 17.7 Å². The van der Waals surface area contributed by atoms with E-state index >= 15 is 0 Å². The summed E-state index contributed by atoms with van der Waals surface area (Å²) in [5.74, 6) is -2.84. The van der Waals surface area contributed by atoms with Gasteiger partial charge in [0.2, 0.25) is 0 Å². The largest absolute Gasteiger partial charge is 0.480 e. The Morgan fingerprint density at radius 1 is 1.00 bits per heavy atom. The highest BCUT2D eigenvalue weighted by molar-refractivity contribution is 7.12. The molecule has 8 nitrogen and oxygen atoms in total. The molecule has 198 valence electrons. The van der Waals surface area contributed by atoms with Crippen molar-refractivity contribution in [3.63, 3.8) is 0 Å². The number of amides is 3. The van der Waals surface area contributed by atoms with Crippen molar-refractivity contribution in [2.75, 3.05) is 13.1 Å². The maximum absolute atomic E-state index is 13.0. The Morgan fingerprint density at radius 3 is 2.42 bits per heavy atom. The number of hydrogen-bond donors (Lipinski definition) is 3. The molecular formula is C25H19Cl4N3O5S. The van der Waals surface area contributed by atoms with E-state index in [9.17, 15) is 24.3 Å². The zero-order valence-electron chi connectivity index (χ0n) is 19.4. The van der Waals surface area contributed by atoms with Crippen LogP contribution >= 0.6 is 57.7 Å². The van der Waals surface area contributed by atoms with Crippen molar-refractivity contribution in [2.45, 2.75) is 19.0 Å². The summed E-state index contributed by atoms with van der Waals surface area (Å²) in [4.78, 5) is 52.0. The van der Waals surface area contributed by atoms with Crippen LogP contribution in [0.1, 0.15) is 41.5 Å². The van der Waals surface area contributed by atoms with E-state index in [1.165, 1.54) is 17.4 Å². The van der Waals surface area contributed by atoms with Gasteiger partial charge in [-0.3, -0.25) is 14.4 Å². The summed E-state index contributed by atoms with van der Waals surface area (Å²) in [6.45, 7) is 0.174. The summed E-state index contributed by atoms with van der Waals surface area (Å²) in [7, 11) is 0. The maximum atomic E-state index is 13.0. The fourth-order valence-electron chi connectivity index (χ4n) is 3.97. The summed E-state index contributed by atoms with van der Waals surface area (Å²) < 4.78 is 0. The molecule has 0 saturated heterocycles. The number of rotatable bonds is 7. The van der Waals surface area contributed by atoms with Crippen LogP contribution in [-0.2, 0) is 17.8 Å². The summed E-state index contributed by atoms with van der Waals surface area (Å²) in [6, 6.07) is 8.04. The average Bonchev–Trinajstić information content (AvgIpc) is 3.42. The highest BCUT2D eigenvalue weighted by Crippen LogP contribution is 2.35. The van der Waals surface area contributed by atoms with Gasteiger partial charge in [0, 0.05) is 25.2 Å². The number of carboxylic acid groups (broad SMARTS) is 1. The highest BCUT2D eigenvalue weighted by Gasteiger charge is 2.30. The molecular weight excluding hydrogens is 596 g/mol. The van der Waals surface area contributed by atoms with Crippen molar-refractivity contribution in [1.29, 1.82) is 0 Å². The van der Waals surface area contributed by atoms with E-state index in [2.05, 4.69) is 10.6 Å². The molecule has 0 bridgehead atoms. The minimum Gasteiger partial charge on any atom is -0.480 e. The van der Waals surface area contributed by atoms with Gasteiger partial charge in [-0.1, -0.05) is 52.5 Å². The Morgan fingerprint density at radius 2 is 1.76 bits per heavy atom. The summed E-state index contributed by atoms with van der Waals surface area (Å²) in [5, 5.41) is 16.8. The molecule has 0 aliphatic carbocycles. The molecule has 0 fully saturated rings. The number of carbonyl (C=O) groups excluding carboxylic acids is 3. The second-order valence-electron chi connectivity index (χ2n) is 8.34. The number of nitrogens with zero attached hydrogens (tertiary/aromatic N) is 1. The standard InChI is InChI=1S/C25H19Cl4N3O5S/c26-15-4-3-12(8-16(15)27)24(35)32-6-5-14-13(11-32)9-17(28)20(21(14)29)23(34)31-18(25(36)37)10-30-22(33)19-2-1-7-38-19/h1-4,7-9,18H,5-6,10-11H2,(H,30,33)(H,31,34)(H,36,37)/t18-/m0/s1. The molecule has 0 unspecified atom stereocenters. The summed E-state index contributed by atoms with van der Waals surface area (Å²) in [6.07, 6.45) is 0.345. The van der Waals surface area contributed by atoms with E-state index < -0.39 is 23.8 Å². The molecule has 1 aliphatic rings. The van der Waals surface area contributed by atoms with Gasteiger partial charge in [-0.15, -0.1) is 11.3 Å². The molecule has 0 radical (unpaired) electrons. The van der Waals surface area contributed by atoms with Crippen LogP contribution in [0, 0.1) is 0 Å². The second-order valence-corrected chi connectivity index (χ2v) is 10.9. The normalized spacial score (nSPS) is 13.4. The van der Waals surface area contributed by atoms with Gasteiger partial charge in [0.1, 0.15) is 6.04 Å². The number of hydrogen-bond acceptors (Lipinski definition) is 5. The minimum atomic E-state index is -1.42. The molecule has 13 heteroatoms. The van der Waals surface area contributed by atoms with Gasteiger partial charge < -0.3 is 20.6 Å². The van der Waals surface area contributed by atoms with Crippen molar-refractivity contribution in [3.8, 4) is 0 Å². The molecule has 2 aromatic carbocycles.